The minimum absolute atomic E-state index is 0.00671. The van der Waals surface area contributed by atoms with Gasteiger partial charge in [0.05, 0.1) is 30.1 Å². The first kappa shape index (κ1) is 30.6. The third-order valence-corrected chi connectivity index (χ3v) is 9.22. The van der Waals surface area contributed by atoms with Crippen LogP contribution in [-0.4, -0.2) is 45.5 Å². The van der Waals surface area contributed by atoms with E-state index in [1.54, 1.807) is 0 Å². The van der Waals surface area contributed by atoms with Gasteiger partial charge in [0.25, 0.3) is 15.7 Å². The van der Waals surface area contributed by atoms with E-state index < -0.39 is 49.8 Å². The van der Waals surface area contributed by atoms with E-state index in [-0.39, 0.29) is 41.2 Å². The van der Waals surface area contributed by atoms with Crippen LogP contribution in [0.1, 0.15) is 55.8 Å². The van der Waals surface area contributed by atoms with Crippen LogP contribution in [0.15, 0.2) is 41.3 Å². The zero-order valence-corrected chi connectivity index (χ0v) is 23.4. The standard InChI is InChI=1S/C28H32F4N2O6S/c1-3-4-5-11-40-23-14-20(22(39-2)15-21(23)29)26(35)34-25-17-10-9-16(12-17)24(25)27(36)33-18-7-6-8-19(13-18)41(37,38)28(30,31)32/h6-8,13-17,24-25H,3-5,9-12H2,1-2H3,(H,33,36)(H,34,35)/t16-,17+,24+,25-/m1/s1. The number of nitrogens with one attached hydrogen (secondary N) is 2. The number of amides is 2. The Balaban J connectivity index is 1.53. The molecule has 2 saturated carbocycles. The van der Waals surface area contributed by atoms with Crippen molar-refractivity contribution in [3.05, 3.63) is 47.8 Å². The lowest BCUT2D eigenvalue weighted by atomic mass is 9.83. The van der Waals surface area contributed by atoms with Crippen LogP contribution in [0.4, 0.5) is 23.2 Å². The van der Waals surface area contributed by atoms with Gasteiger partial charge in [-0.3, -0.25) is 9.59 Å². The topological polar surface area (TPSA) is 111 Å². The monoisotopic (exact) mass is 600 g/mol. The molecule has 0 saturated heterocycles. The van der Waals surface area contributed by atoms with Gasteiger partial charge in [-0.05, 0) is 61.8 Å². The van der Waals surface area contributed by atoms with Crippen LogP contribution < -0.4 is 20.1 Å². The second-order valence-corrected chi connectivity index (χ2v) is 12.3. The average molecular weight is 601 g/mol. The number of anilines is 1. The zero-order valence-electron chi connectivity index (χ0n) is 22.6. The van der Waals surface area contributed by atoms with Gasteiger partial charge in [-0.15, -0.1) is 0 Å². The molecule has 0 spiro atoms. The van der Waals surface area contributed by atoms with Gasteiger partial charge in [0.15, 0.2) is 11.6 Å². The lowest BCUT2D eigenvalue weighted by molar-refractivity contribution is -0.122. The zero-order chi connectivity index (χ0) is 29.9. The van der Waals surface area contributed by atoms with Crippen LogP contribution in [-0.2, 0) is 14.6 Å². The summed E-state index contributed by atoms with van der Waals surface area (Å²) in [4.78, 5) is 25.8. The van der Waals surface area contributed by atoms with Crippen LogP contribution in [0, 0.1) is 23.6 Å². The number of carbonyl (C=O) groups is 2. The summed E-state index contributed by atoms with van der Waals surface area (Å²) in [7, 11) is -4.30. The van der Waals surface area contributed by atoms with Crippen molar-refractivity contribution in [1.29, 1.82) is 0 Å². The number of hydrogen-bond acceptors (Lipinski definition) is 6. The lowest BCUT2D eigenvalue weighted by Gasteiger charge is -2.31. The Hall–Kier alpha value is -3.35. The third-order valence-electron chi connectivity index (χ3n) is 7.74. The molecule has 2 N–H and O–H groups in total. The van der Waals surface area contributed by atoms with Gasteiger partial charge in [-0.1, -0.05) is 25.8 Å². The molecule has 13 heteroatoms. The van der Waals surface area contributed by atoms with Crippen molar-refractivity contribution < 1.29 is 45.0 Å². The number of unbranched alkanes of at least 4 members (excludes halogenated alkanes) is 2. The summed E-state index contributed by atoms with van der Waals surface area (Å²) in [5, 5.41) is 5.43. The van der Waals surface area contributed by atoms with Crippen molar-refractivity contribution in [3.8, 4) is 11.5 Å². The van der Waals surface area contributed by atoms with Gasteiger partial charge >= 0.3 is 5.51 Å². The summed E-state index contributed by atoms with van der Waals surface area (Å²) in [6.45, 7) is 2.30. The van der Waals surface area contributed by atoms with Crippen molar-refractivity contribution >= 4 is 27.3 Å². The summed E-state index contributed by atoms with van der Waals surface area (Å²) in [6, 6.07) is 5.69. The second-order valence-electron chi connectivity index (χ2n) is 10.4. The van der Waals surface area contributed by atoms with Gasteiger partial charge < -0.3 is 20.1 Å². The minimum atomic E-state index is -5.60. The number of methoxy groups -OCH3 is 1. The van der Waals surface area contributed by atoms with E-state index in [9.17, 15) is 35.6 Å². The minimum Gasteiger partial charge on any atom is -0.496 e. The Morgan fingerprint density at radius 2 is 1.78 bits per heavy atom. The number of ether oxygens (including phenoxy) is 2. The molecule has 2 aliphatic carbocycles. The maximum atomic E-state index is 14.6. The number of sulfone groups is 1. The summed E-state index contributed by atoms with van der Waals surface area (Å²) in [5.41, 5.74) is -5.57. The molecule has 4 rings (SSSR count). The van der Waals surface area contributed by atoms with Crippen LogP contribution in [0.25, 0.3) is 0 Å². The van der Waals surface area contributed by atoms with E-state index in [1.165, 1.54) is 19.2 Å². The SMILES string of the molecule is CCCCCOc1cc(C(=O)N[C@@H]2[C@H]3CC[C@H](C3)[C@@H]2C(=O)Nc2cccc(S(=O)(=O)C(F)(F)F)c2)c(OC)cc1F. The van der Waals surface area contributed by atoms with Gasteiger partial charge in [-0.2, -0.15) is 13.2 Å². The van der Waals surface area contributed by atoms with Crippen LogP contribution in [0.3, 0.4) is 0 Å². The van der Waals surface area contributed by atoms with Crippen molar-refractivity contribution in [2.45, 2.75) is 61.9 Å². The highest BCUT2D eigenvalue weighted by Crippen LogP contribution is 2.49. The van der Waals surface area contributed by atoms with Gasteiger partial charge in [0.1, 0.15) is 5.75 Å². The smallest absolute Gasteiger partial charge is 0.496 e. The molecule has 2 fully saturated rings. The van der Waals surface area contributed by atoms with Crippen molar-refractivity contribution in [2.75, 3.05) is 19.0 Å². The second kappa shape index (κ2) is 12.3. The van der Waals surface area contributed by atoms with Gasteiger partial charge in [-0.25, -0.2) is 12.8 Å². The van der Waals surface area contributed by atoms with Crippen LogP contribution in [0.2, 0.25) is 0 Å². The fraction of sp³-hybridized carbons (Fsp3) is 0.500. The summed E-state index contributed by atoms with van der Waals surface area (Å²) in [6.07, 6.45) is 4.74. The predicted molar refractivity (Wildman–Crippen MR) is 142 cm³/mol. The van der Waals surface area contributed by atoms with E-state index >= 15 is 0 Å². The van der Waals surface area contributed by atoms with Crippen molar-refractivity contribution in [2.24, 2.45) is 17.8 Å². The maximum absolute atomic E-state index is 14.6. The highest BCUT2D eigenvalue weighted by atomic mass is 32.2. The quantitative estimate of drug-likeness (QED) is 0.261. The van der Waals surface area contributed by atoms with Crippen molar-refractivity contribution in [1.82, 2.24) is 5.32 Å². The molecule has 224 valence electrons. The molecule has 0 aromatic heterocycles. The van der Waals surface area contributed by atoms with E-state index in [4.69, 9.17) is 9.47 Å². The molecular formula is C28H32F4N2O6S. The first-order valence-electron chi connectivity index (χ1n) is 13.4. The molecule has 41 heavy (non-hydrogen) atoms. The maximum Gasteiger partial charge on any atom is 0.501 e. The molecule has 2 bridgehead atoms. The fourth-order valence-corrected chi connectivity index (χ4v) is 6.54. The average Bonchev–Trinajstić information content (AvgIpc) is 3.53. The Bertz CT molecular complexity index is 1400. The Labute approximate surface area is 235 Å². The molecule has 0 heterocycles. The molecule has 2 aromatic rings. The first-order chi connectivity index (χ1) is 19.4. The number of fused-ring (bicyclic) bond motifs is 2. The Kier molecular flexibility index (Phi) is 9.15. The summed E-state index contributed by atoms with van der Waals surface area (Å²) >= 11 is 0. The number of hydrogen-bond donors (Lipinski definition) is 2. The number of alkyl halides is 3. The molecule has 0 radical (unpaired) electrons. The third kappa shape index (κ3) is 6.44. The van der Waals surface area contributed by atoms with E-state index in [1.807, 2.05) is 6.92 Å². The van der Waals surface area contributed by atoms with Crippen LogP contribution >= 0.6 is 0 Å². The van der Waals surface area contributed by atoms with E-state index in [0.717, 1.165) is 56.4 Å². The Morgan fingerprint density at radius 3 is 2.46 bits per heavy atom. The molecule has 0 aliphatic heterocycles. The molecular weight excluding hydrogens is 568 g/mol. The summed E-state index contributed by atoms with van der Waals surface area (Å²) < 4.78 is 88.0. The highest BCUT2D eigenvalue weighted by Gasteiger charge is 2.52. The normalized spacial score (nSPS) is 21.9. The summed E-state index contributed by atoms with van der Waals surface area (Å²) in [5.74, 6) is -2.73. The van der Waals surface area contributed by atoms with Gasteiger partial charge in [0, 0.05) is 17.8 Å². The van der Waals surface area contributed by atoms with Crippen molar-refractivity contribution in [3.63, 3.8) is 0 Å². The molecule has 2 aromatic carbocycles. The number of benzene rings is 2. The van der Waals surface area contributed by atoms with Gasteiger partial charge in [0.2, 0.25) is 5.91 Å². The number of halogens is 4. The van der Waals surface area contributed by atoms with E-state index in [2.05, 4.69) is 10.6 Å². The largest absolute Gasteiger partial charge is 0.501 e. The fourth-order valence-electron chi connectivity index (χ4n) is 5.73. The lowest BCUT2D eigenvalue weighted by Crippen LogP contribution is -2.48. The van der Waals surface area contributed by atoms with Crippen LogP contribution in [0.5, 0.6) is 11.5 Å². The Morgan fingerprint density at radius 1 is 1.05 bits per heavy atom. The number of rotatable bonds is 11. The number of carbonyl (C=O) groups excluding carboxylic acids is 2. The molecule has 4 atom stereocenters. The highest BCUT2D eigenvalue weighted by molar-refractivity contribution is 7.92. The first-order valence-corrected chi connectivity index (χ1v) is 14.9. The molecule has 2 aliphatic rings. The molecule has 2 amide bonds. The predicted octanol–water partition coefficient (Wildman–Crippen LogP) is 5.48. The van der Waals surface area contributed by atoms with E-state index in [0.29, 0.717) is 6.42 Å². The molecule has 0 unspecified atom stereocenters. The molecule has 8 nitrogen and oxygen atoms in total.